The molecule has 0 radical (unpaired) electrons. The molecule has 120 valence electrons. The highest BCUT2D eigenvalue weighted by Crippen LogP contribution is 2.27. The largest absolute Gasteiger partial charge is 0.481 e. The van der Waals surface area contributed by atoms with Crippen molar-refractivity contribution in [2.24, 2.45) is 5.92 Å². The number of aliphatic carboxylic acids is 1. The molecular weight excluding hydrogens is 322 g/mol. The van der Waals surface area contributed by atoms with Gasteiger partial charge in [-0.1, -0.05) is 23.7 Å². The number of hydrogen-bond acceptors (Lipinski definition) is 3. The fraction of sp³-hybridized carbons (Fsp3) is 0.500. The van der Waals surface area contributed by atoms with Gasteiger partial charge in [-0.3, -0.25) is 9.59 Å². The minimum absolute atomic E-state index is 0.102. The maximum atomic E-state index is 12.3. The van der Waals surface area contributed by atoms with E-state index >= 15 is 0 Å². The Morgan fingerprint density at radius 3 is 2.86 bits per heavy atom. The third kappa shape index (κ3) is 5.21. The number of likely N-dealkylation sites (tertiary alicyclic amines) is 1. The van der Waals surface area contributed by atoms with Gasteiger partial charge in [0.25, 0.3) is 0 Å². The Morgan fingerprint density at radius 1 is 1.36 bits per heavy atom. The third-order valence-corrected chi connectivity index (χ3v) is 5.33. The molecular formula is C16H20ClNO3S. The molecule has 2 rings (SSSR count). The molecule has 0 bridgehead atoms. The zero-order valence-electron chi connectivity index (χ0n) is 12.3. The van der Waals surface area contributed by atoms with Gasteiger partial charge in [-0.2, -0.15) is 0 Å². The van der Waals surface area contributed by atoms with Crippen molar-refractivity contribution in [1.82, 2.24) is 4.90 Å². The number of thioether (sulfide) groups is 1. The predicted octanol–water partition coefficient (Wildman–Crippen LogP) is 3.54. The van der Waals surface area contributed by atoms with Crippen molar-refractivity contribution < 1.29 is 14.7 Å². The van der Waals surface area contributed by atoms with E-state index in [0.717, 1.165) is 24.3 Å². The number of carboxylic acid groups (broad SMARTS) is 1. The van der Waals surface area contributed by atoms with Crippen molar-refractivity contribution in [3.05, 3.63) is 29.3 Å². The highest BCUT2D eigenvalue weighted by molar-refractivity contribution is 8.00. The molecule has 4 nitrogen and oxygen atoms in total. The van der Waals surface area contributed by atoms with Crippen LogP contribution in [0.25, 0.3) is 0 Å². The van der Waals surface area contributed by atoms with Gasteiger partial charge in [-0.25, -0.2) is 0 Å². The lowest BCUT2D eigenvalue weighted by molar-refractivity contribution is -0.137. The van der Waals surface area contributed by atoms with E-state index < -0.39 is 5.97 Å². The Labute approximate surface area is 139 Å². The van der Waals surface area contributed by atoms with Crippen molar-refractivity contribution in [1.29, 1.82) is 0 Å². The van der Waals surface area contributed by atoms with Gasteiger partial charge in [0.1, 0.15) is 0 Å². The number of rotatable bonds is 6. The second-order valence-corrected chi connectivity index (χ2v) is 6.92. The number of halogens is 1. The number of carboxylic acids is 1. The monoisotopic (exact) mass is 341 g/mol. The van der Waals surface area contributed by atoms with Gasteiger partial charge in [0.05, 0.1) is 10.8 Å². The lowest BCUT2D eigenvalue weighted by atomic mass is 9.93. The average Bonchev–Trinajstić information content (AvgIpc) is 2.52. The summed E-state index contributed by atoms with van der Waals surface area (Å²) in [4.78, 5) is 25.7. The molecule has 1 aromatic carbocycles. The Bertz CT molecular complexity index is 538. The van der Waals surface area contributed by atoms with Gasteiger partial charge in [-0.15, -0.1) is 11.8 Å². The number of carbonyl (C=O) groups excluding carboxylic acids is 1. The van der Waals surface area contributed by atoms with E-state index in [4.69, 9.17) is 16.7 Å². The van der Waals surface area contributed by atoms with Crippen molar-refractivity contribution in [2.45, 2.75) is 30.6 Å². The summed E-state index contributed by atoms with van der Waals surface area (Å²) in [5, 5.41) is 9.42. The fourth-order valence-corrected chi connectivity index (χ4v) is 3.79. The molecule has 1 aliphatic rings. The van der Waals surface area contributed by atoms with Crippen molar-refractivity contribution in [3.8, 4) is 0 Å². The number of amides is 1. The maximum Gasteiger partial charge on any atom is 0.303 e. The number of hydrogen-bond donors (Lipinski definition) is 1. The van der Waals surface area contributed by atoms with Crippen LogP contribution in [0.4, 0.5) is 0 Å². The van der Waals surface area contributed by atoms with E-state index in [1.807, 2.05) is 29.2 Å². The summed E-state index contributed by atoms with van der Waals surface area (Å²) < 4.78 is 0. The van der Waals surface area contributed by atoms with Gasteiger partial charge in [0, 0.05) is 24.4 Å². The Morgan fingerprint density at radius 2 is 2.14 bits per heavy atom. The summed E-state index contributed by atoms with van der Waals surface area (Å²) in [7, 11) is 0. The van der Waals surface area contributed by atoms with Crippen LogP contribution < -0.4 is 0 Å². The third-order valence-electron chi connectivity index (χ3n) is 3.83. The number of benzene rings is 1. The molecule has 6 heteroatoms. The number of nitrogens with zero attached hydrogens (tertiary/aromatic N) is 1. The van der Waals surface area contributed by atoms with Crippen LogP contribution in [0.2, 0.25) is 5.02 Å². The molecule has 22 heavy (non-hydrogen) atoms. The Hall–Kier alpha value is -1.20. The highest BCUT2D eigenvalue weighted by Gasteiger charge is 2.24. The number of carbonyl (C=O) groups is 2. The predicted molar refractivity (Wildman–Crippen MR) is 88.3 cm³/mol. The van der Waals surface area contributed by atoms with E-state index in [1.165, 1.54) is 11.8 Å². The zero-order chi connectivity index (χ0) is 15.9. The normalized spacial score (nSPS) is 18.2. The average molecular weight is 342 g/mol. The number of piperidine rings is 1. The zero-order valence-corrected chi connectivity index (χ0v) is 13.9. The molecule has 1 saturated heterocycles. The maximum absolute atomic E-state index is 12.3. The topological polar surface area (TPSA) is 57.6 Å². The molecule has 1 unspecified atom stereocenters. The van der Waals surface area contributed by atoms with Crippen LogP contribution >= 0.6 is 23.4 Å². The Balaban J connectivity index is 1.81. The van der Waals surface area contributed by atoms with Crippen LogP contribution in [0, 0.1) is 5.92 Å². The minimum Gasteiger partial charge on any atom is -0.481 e. The van der Waals surface area contributed by atoms with Crippen LogP contribution in [0.15, 0.2) is 29.2 Å². The van der Waals surface area contributed by atoms with Crippen LogP contribution in [0.3, 0.4) is 0 Å². The van der Waals surface area contributed by atoms with Crippen LogP contribution in [0.1, 0.15) is 25.7 Å². The molecule has 1 fully saturated rings. The summed E-state index contributed by atoms with van der Waals surface area (Å²) in [5.74, 6) is 0.0110. The second-order valence-electron chi connectivity index (χ2n) is 5.50. The van der Waals surface area contributed by atoms with Crippen LogP contribution in [0.5, 0.6) is 0 Å². The molecule has 1 aromatic rings. The molecule has 1 heterocycles. The molecule has 0 saturated carbocycles. The van der Waals surface area contributed by atoms with E-state index in [2.05, 4.69) is 0 Å². The first kappa shape index (κ1) is 17.2. The first-order valence-electron chi connectivity index (χ1n) is 7.43. The molecule has 0 spiro atoms. The van der Waals surface area contributed by atoms with E-state index in [-0.39, 0.29) is 12.3 Å². The first-order valence-corrected chi connectivity index (χ1v) is 8.79. The minimum atomic E-state index is -0.766. The fourth-order valence-electron chi connectivity index (χ4n) is 2.65. The quantitative estimate of drug-likeness (QED) is 0.804. The first-order chi connectivity index (χ1) is 10.6. The lowest BCUT2D eigenvalue weighted by Crippen LogP contribution is -2.41. The van der Waals surface area contributed by atoms with Gasteiger partial charge in [-0.05, 0) is 37.3 Å². The summed E-state index contributed by atoms with van der Waals surface area (Å²) in [6.45, 7) is 1.45. The molecule has 1 aliphatic heterocycles. The summed E-state index contributed by atoms with van der Waals surface area (Å²) in [5.41, 5.74) is 0. The van der Waals surface area contributed by atoms with Crippen LogP contribution in [-0.4, -0.2) is 40.7 Å². The second kappa shape index (κ2) is 8.44. The molecule has 1 atom stereocenters. The smallest absolute Gasteiger partial charge is 0.303 e. The standard InChI is InChI=1S/C16H20ClNO3S/c17-13-5-1-2-6-14(13)22-11-15(19)18-9-3-4-12(10-18)7-8-16(20)21/h1-2,5-6,12H,3-4,7-11H2,(H,20,21). The van der Waals surface area contributed by atoms with E-state index in [9.17, 15) is 9.59 Å². The van der Waals surface area contributed by atoms with Crippen molar-refractivity contribution in [2.75, 3.05) is 18.8 Å². The molecule has 1 N–H and O–H groups in total. The summed E-state index contributed by atoms with van der Waals surface area (Å²) in [6.07, 6.45) is 2.79. The molecule has 1 amide bonds. The van der Waals surface area contributed by atoms with Gasteiger partial charge >= 0.3 is 5.97 Å². The molecule has 0 aliphatic carbocycles. The lowest BCUT2D eigenvalue weighted by Gasteiger charge is -2.32. The van der Waals surface area contributed by atoms with Crippen molar-refractivity contribution in [3.63, 3.8) is 0 Å². The van der Waals surface area contributed by atoms with Crippen LogP contribution in [-0.2, 0) is 9.59 Å². The van der Waals surface area contributed by atoms with E-state index in [0.29, 0.717) is 29.7 Å². The summed E-state index contributed by atoms with van der Waals surface area (Å²) in [6, 6.07) is 7.50. The summed E-state index contributed by atoms with van der Waals surface area (Å²) >= 11 is 7.54. The van der Waals surface area contributed by atoms with E-state index in [1.54, 1.807) is 0 Å². The van der Waals surface area contributed by atoms with Gasteiger partial charge in [0.15, 0.2) is 0 Å². The molecule has 0 aromatic heterocycles. The van der Waals surface area contributed by atoms with Gasteiger partial charge < -0.3 is 10.0 Å². The van der Waals surface area contributed by atoms with Gasteiger partial charge in [0.2, 0.25) is 5.91 Å². The Kier molecular flexibility index (Phi) is 6.58. The SMILES string of the molecule is O=C(O)CCC1CCCN(C(=O)CSc2ccccc2Cl)C1. The highest BCUT2D eigenvalue weighted by atomic mass is 35.5. The van der Waals surface area contributed by atoms with Crippen molar-refractivity contribution >= 4 is 35.2 Å².